The number of aliphatic hydroxyl groups is 1. The van der Waals surface area contributed by atoms with Crippen molar-refractivity contribution in [2.45, 2.75) is 56.4 Å². The molecule has 2 nitrogen and oxygen atoms in total. The lowest BCUT2D eigenvalue weighted by molar-refractivity contribution is 0.255. The number of aliphatic hydroxyl groups excluding tert-OH is 1. The molecule has 1 rings (SSSR count). The van der Waals surface area contributed by atoms with Crippen LogP contribution in [-0.4, -0.2) is 35.3 Å². The van der Waals surface area contributed by atoms with Gasteiger partial charge < -0.3 is 10.4 Å². The van der Waals surface area contributed by atoms with Crippen LogP contribution in [0.15, 0.2) is 0 Å². The van der Waals surface area contributed by atoms with Crippen molar-refractivity contribution in [3.63, 3.8) is 0 Å². The molecule has 14 heavy (non-hydrogen) atoms. The minimum atomic E-state index is 0.296. The maximum atomic E-state index is 8.84. The van der Waals surface area contributed by atoms with Crippen LogP contribution in [0.1, 0.15) is 39.0 Å². The van der Waals surface area contributed by atoms with E-state index in [1.807, 2.05) is 11.8 Å². The third kappa shape index (κ3) is 3.79. The Bertz CT molecular complexity index is 154. The van der Waals surface area contributed by atoms with Crippen LogP contribution in [0.4, 0.5) is 0 Å². The van der Waals surface area contributed by atoms with Crippen LogP contribution >= 0.6 is 11.8 Å². The molecule has 1 saturated carbocycles. The molecule has 1 fully saturated rings. The Morgan fingerprint density at radius 3 is 2.79 bits per heavy atom. The zero-order chi connectivity index (χ0) is 10.4. The van der Waals surface area contributed by atoms with E-state index in [9.17, 15) is 0 Å². The van der Waals surface area contributed by atoms with Crippen molar-refractivity contribution in [1.29, 1.82) is 0 Å². The van der Waals surface area contributed by atoms with E-state index in [1.165, 1.54) is 25.7 Å². The van der Waals surface area contributed by atoms with Gasteiger partial charge in [0.1, 0.15) is 0 Å². The molecule has 0 aromatic heterocycles. The van der Waals surface area contributed by atoms with E-state index in [-0.39, 0.29) is 0 Å². The fourth-order valence-electron chi connectivity index (χ4n) is 2.21. The first-order valence-electron chi connectivity index (χ1n) is 5.67. The molecular formula is C11H23NOS. The maximum absolute atomic E-state index is 8.84. The molecule has 3 atom stereocenters. The van der Waals surface area contributed by atoms with Crippen LogP contribution in [0.3, 0.4) is 0 Å². The normalized spacial score (nSPS) is 30.2. The summed E-state index contributed by atoms with van der Waals surface area (Å²) in [5.74, 6) is 0. The summed E-state index contributed by atoms with van der Waals surface area (Å²) in [6.45, 7) is 2.47. The van der Waals surface area contributed by atoms with Crippen LogP contribution in [0, 0.1) is 0 Å². The zero-order valence-corrected chi connectivity index (χ0v) is 10.1. The number of thioether (sulfide) groups is 1. The van der Waals surface area contributed by atoms with Crippen LogP contribution in [0.2, 0.25) is 0 Å². The van der Waals surface area contributed by atoms with E-state index in [0.717, 1.165) is 11.7 Å². The van der Waals surface area contributed by atoms with Crippen LogP contribution in [-0.2, 0) is 0 Å². The minimum absolute atomic E-state index is 0.296. The van der Waals surface area contributed by atoms with E-state index in [0.29, 0.717) is 18.7 Å². The zero-order valence-electron chi connectivity index (χ0n) is 9.33. The van der Waals surface area contributed by atoms with Gasteiger partial charge >= 0.3 is 0 Å². The van der Waals surface area contributed by atoms with Crippen molar-refractivity contribution in [3.05, 3.63) is 0 Å². The van der Waals surface area contributed by atoms with Gasteiger partial charge in [-0.2, -0.15) is 11.8 Å². The lowest BCUT2D eigenvalue weighted by atomic mass is 9.94. The molecular weight excluding hydrogens is 194 g/mol. The van der Waals surface area contributed by atoms with Gasteiger partial charge in [-0.1, -0.05) is 12.8 Å². The van der Waals surface area contributed by atoms with Crippen molar-refractivity contribution in [2.24, 2.45) is 0 Å². The van der Waals surface area contributed by atoms with E-state index in [1.54, 1.807) is 0 Å². The average molecular weight is 217 g/mol. The fraction of sp³-hybridized carbons (Fsp3) is 1.00. The Morgan fingerprint density at radius 1 is 1.43 bits per heavy atom. The van der Waals surface area contributed by atoms with E-state index in [2.05, 4.69) is 18.5 Å². The highest BCUT2D eigenvalue weighted by Gasteiger charge is 2.24. The quantitative estimate of drug-likeness (QED) is 0.739. The predicted octanol–water partition coefficient (Wildman–Crippen LogP) is 2.02. The summed E-state index contributed by atoms with van der Waals surface area (Å²) in [7, 11) is 0. The molecule has 1 aliphatic carbocycles. The van der Waals surface area contributed by atoms with Crippen molar-refractivity contribution in [3.8, 4) is 0 Å². The first-order chi connectivity index (χ1) is 6.77. The van der Waals surface area contributed by atoms with Gasteiger partial charge in [0.2, 0.25) is 0 Å². The average Bonchev–Trinajstić information content (AvgIpc) is 2.19. The Hall–Kier alpha value is 0.270. The number of hydrogen-bond acceptors (Lipinski definition) is 3. The summed E-state index contributed by atoms with van der Waals surface area (Å²) in [6.07, 6.45) is 8.49. The molecule has 0 saturated heterocycles. The van der Waals surface area contributed by atoms with Gasteiger partial charge in [-0.15, -0.1) is 0 Å². The highest BCUT2D eigenvalue weighted by atomic mass is 32.2. The number of hydrogen-bond donors (Lipinski definition) is 2. The predicted molar refractivity (Wildman–Crippen MR) is 63.9 cm³/mol. The first-order valence-corrected chi connectivity index (χ1v) is 6.96. The second-order valence-corrected chi connectivity index (χ2v) is 5.32. The lowest BCUT2D eigenvalue weighted by Gasteiger charge is -2.33. The van der Waals surface area contributed by atoms with Gasteiger partial charge in [-0.25, -0.2) is 0 Å². The van der Waals surface area contributed by atoms with Gasteiger partial charge in [0.25, 0.3) is 0 Å². The SMILES string of the molecule is CSC1CCCCC1N[C@H](C)CCO. The van der Waals surface area contributed by atoms with Crippen LogP contribution < -0.4 is 5.32 Å². The van der Waals surface area contributed by atoms with Crippen LogP contribution in [0.25, 0.3) is 0 Å². The summed E-state index contributed by atoms with van der Waals surface area (Å²) in [5, 5.41) is 13.3. The summed E-state index contributed by atoms with van der Waals surface area (Å²) >= 11 is 1.99. The molecule has 2 unspecified atom stereocenters. The molecule has 1 aliphatic rings. The largest absolute Gasteiger partial charge is 0.396 e. The number of rotatable bonds is 5. The highest BCUT2D eigenvalue weighted by molar-refractivity contribution is 7.99. The smallest absolute Gasteiger partial charge is 0.0445 e. The van der Waals surface area contributed by atoms with Crippen molar-refractivity contribution in [2.75, 3.05) is 12.9 Å². The van der Waals surface area contributed by atoms with Crippen molar-refractivity contribution >= 4 is 11.8 Å². The molecule has 0 heterocycles. The molecule has 3 heteroatoms. The van der Waals surface area contributed by atoms with Gasteiger partial charge in [-0.05, 0) is 32.4 Å². The molecule has 84 valence electrons. The third-order valence-electron chi connectivity index (χ3n) is 3.07. The lowest BCUT2D eigenvalue weighted by Crippen LogP contribution is -2.45. The fourth-order valence-corrected chi connectivity index (χ4v) is 3.16. The molecule has 0 amide bonds. The molecule has 0 spiro atoms. The summed E-state index contributed by atoms with van der Waals surface area (Å²) in [5.41, 5.74) is 0. The van der Waals surface area contributed by atoms with Crippen LogP contribution in [0.5, 0.6) is 0 Å². The third-order valence-corrected chi connectivity index (χ3v) is 4.24. The summed E-state index contributed by atoms with van der Waals surface area (Å²) < 4.78 is 0. The van der Waals surface area contributed by atoms with Crippen molar-refractivity contribution in [1.82, 2.24) is 5.32 Å². The molecule has 0 bridgehead atoms. The summed E-state index contributed by atoms with van der Waals surface area (Å²) in [6, 6.07) is 1.12. The Labute approximate surface area is 91.9 Å². The Kier molecular flexibility index (Phi) is 5.90. The second kappa shape index (κ2) is 6.70. The van der Waals surface area contributed by atoms with Gasteiger partial charge in [0, 0.05) is 23.9 Å². The summed E-state index contributed by atoms with van der Waals surface area (Å²) in [4.78, 5) is 0. The topological polar surface area (TPSA) is 32.3 Å². The first kappa shape index (κ1) is 12.3. The molecule has 2 N–H and O–H groups in total. The van der Waals surface area contributed by atoms with Gasteiger partial charge in [0.05, 0.1) is 0 Å². The molecule has 0 radical (unpaired) electrons. The van der Waals surface area contributed by atoms with E-state index >= 15 is 0 Å². The number of nitrogens with one attached hydrogen (secondary N) is 1. The monoisotopic (exact) mass is 217 g/mol. The van der Waals surface area contributed by atoms with Gasteiger partial charge in [-0.3, -0.25) is 0 Å². The minimum Gasteiger partial charge on any atom is -0.396 e. The van der Waals surface area contributed by atoms with Gasteiger partial charge in [0.15, 0.2) is 0 Å². The van der Waals surface area contributed by atoms with E-state index in [4.69, 9.17) is 5.11 Å². The van der Waals surface area contributed by atoms with Crippen molar-refractivity contribution < 1.29 is 5.11 Å². The Morgan fingerprint density at radius 2 is 2.14 bits per heavy atom. The molecule has 0 aliphatic heterocycles. The second-order valence-electron chi connectivity index (χ2n) is 4.25. The highest BCUT2D eigenvalue weighted by Crippen LogP contribution is 2.27. The standard InChI is InChI=1S/C11H23NOS/c1-9(7-8-13)12-10-5-3-4-6-11(10)14-2/h9-13H,3-8H2,1-2H3/t9-,10?,11?/m1/s1. The molecule has 0 aromatic carbocycles. The Balaban J connectivity index is 2.32. The van der Waals surface area contributed by atoms with E-state index < -0.39 is 0 Å². The maximum Gasteiger partial charge on any atom is 0.0445 e. The molecule has 0 aromatic rings.